The molecule has 2 aromatic rings. The molecule has 3 rings (SSSR count). The van der Waals surface area contributed by atoms with Gasteiger partial charge in [-0.25, -0.2) is 4.98 Å². The molecule has 1 aliphatic heterocycles. The van der Waals surface area contributed by atoms with Gasteiger partial charge in [0.1, 0.15) is 0 Å². The summed E-state index contributed by atoms with van der Waals surface area (Å²) in [5, 5.41) is 6.39. The molecule has 1 aromatic carbocycles. The van der Waals surface area contributed by atoms with E-state index in [0.29, 0.717) is 12.3 Å². The van der Waals surface area contributed by atoms with E-state index in [-0.39, 0.29) is 30.7 Å². The zero-order chi connectivity index (χ0) is 15.2. The van der Waals surface area contributed by atoms with Crippen molar-refractivity contribution in [2.75, 3.05) is 18.4 Å². The second-order valence-electron chi connectivity index (χ2n) is 5.77. The van der Waals surface area contributed by atoms with Crippen LogP contribution in [0.2, 0.25) is 0 Å². The molecule has 7 heteroatoms. The van der Waals surface area contributed by atoms with Gasteiger partial charge in [-0.15, -0.1) is 24.8 Å². The Balaban J connectivity index is 0.00000144. The topological polar surface area (TPSA) is 59.0 Å². The number of hydrogen-bond donors (Lipinski definition) is 2. The molecule has 0 spiro atoms. The van der Waals surface area contributed by atoms with Gasteiger partial charge in [-0.1, -0.05) is 12.1 Å². The van der Waals surface area contributed by atoms with E-state index in [2.05, 4.69) is 15.6 Å². The largest absolute Gasteiger partial charge is 0.324 e. The lowest BCUT2D eigenvalue weighted by molar-refractivity contribution is -0.116. The summed E-state index contributed by atoms with van der Waals surface area (Å²) < 4.78 is 1.91. The van der Waals surface area contributed by atoms with Crippen LogP contribution in [0, 0.1) is 5.92 Å². The van der Waals surface area contributed by atoms with Gasteiger partial charge in [0.15, 0.2) is 0 Å². The van der Waals surface area contributed by atoms with Crippen LogP contribution in [0.25, 0.3) is 5.69 Å². The monoisotopic (exact) mass is 370 g/mol. The Morgan fingerprint density at radius 2 is 2.00 bits per heavy atom. The van der Waals surface area contributed by atoms with Crippen LogP contribution in [0.3, 0.4) is 0 Å². The highest BCUT2D eigenvalue weighted by atomic mass is 35.5. The third kappa shape index (κ3) is 5.51. The van der Waals surface area contributed by atoms with Gasteiger partial charge < -0.3 is 15.2 Å². The fraction of sp³-hybridized carbons (Fsp3) is 0.412. The van der Waals surface area contributed by atoms with E-state index in [1.165, 1.54) is 12.8 Å². The van der Waals surface area contributed by atoms with Crippen molar-refractivity contribution < 1.29 is 4.79 Å². The normalized spacial score (nSPS) is 14.3. The number of hydrogen-bond acceptors (Lipinski definition) is 3. The molecule has 2 N–H and O–H groups in total. The maximum absolute atomic E-state index is 12.2. The van der Waals surface area contributed by atoms with Gasteiger partial charge in [-0.3, -0.25) is 4.79 Å². The van der Waals surface area contributed by atoms with Crippen molar-refractivity contribution in [1.29, 1.82) is 0 Å². The van der Waals surface area contributed by atoms with Gasteiger partial charge in [-0.2, -0.15) is 0 Å². The lowest BCUT2D eigenvalue weighted by atomic mass is 9.93. The third-order valence-electron chi connectivity index (χ3n) is 4.20. The van der Waals surface area contributed by atoms with E-state index >= 15 is 0 Å². The van der Waals surface area contributed by atoms with Gasteiger partial charge in [-0.05, 0) is 50.4 Å². The second-order valence-corrected chi connectivity index (χ2v) is 5.77. The van der Waals surface area contributed by atoms with E-state index in [9.17, 15) is 4.79 Å². The van der Waals surface area contributed by atoms with Crippen molar-refractivity contribution in [3.05, 3.63) is 43.0 Å². The smallest absolute Gasteiger partial charge is 0.224 e. The van der Waals surface area contributed by atoms with Crippen LogP contribution in [0.5, 0.6) is 0 Å². The maximum Gasteiger partial charge on any atom is 0.224 e. The van der Waals surface area contributed by atoms with Crippen LogP contribution in [0.1, 0.15) is 25.7 Å². The van der Waals surface area contributed by atoms with E-state index in [0.717, 1.165) is 30.9 Å². The molecule has 1 aliphatic rings. The van der Waals surface area contributed by atoms with Crippen LogP contribution < -0.4 is 10.6 Å². The molecular formula is C17H24Cl2N4O. The lowest BCUT2D eigenvalue weighted by Crippen LogP contribution is -2.28. The number of amides is 1. The molecule has 1 saturated heterocycles. The Kier molecular flexibility index (Phi) is 8.82. The second kappa shape index (κ2) is 10.3. The Bertz CT molecular complexity index is 613. The summed E-state index contributed by atoms with van der Waals surface area (Å²) in [5.41, 5.74) is 1.77. The van der Waals surface area contributed by atoms with E-state index in [1.54, 1.807) is 12.5 Å². The minimum Gasteiger partial charge on any atom is -0.324 e. The van der Waals surface area contributed by atoms with E-state index in [4.69, 9.17) is 0 Å². The number of para-hydroxylation sites is 2. The number of anilines is 1. The van der Waals surface area contributed by atoms with Gasteiger partial charge in [0.05, 0.1) is 17.7 Å². The Hall–Kier alpha value is -1.56. The molecule has 1 amide bonds. The molecule has 0 radical (unpaired) electrons. The van der Waals surface area contributed by atoms with Crippen LogP contribution in [0.15, 0.2) is 43.0 Å². The first kappa shape index (κ1) is 20.5. The average molecular weight is 371 g/mol. The standard InChI is InChI=1S/C17H22N4O.2ClH/c22-17(6-5-14-7-9-18-10-8-14)20-15-3-1-2-4-16(15)21-12-11-19-13-21;;/h1-4,11-14,18H,5-10H2,(H,20,22);2*1H. The Labute approximate surface area is 155 Å². The van der Waals surface area contributed by atoms with Crippen molar-refractivity contribution >= 4 is 36.4 Å². The summed E-state index contributed by atoms with van der Waals surface area (Å²) in [6.07, 6.45) is 9.26. The predicted molar refractivity (Wildman–Crippen MR) is 102 cm³/mol. The highest BCUT2D eigenvalue weighted by molar-refractivity contribution is 5.92. The number of carbonyl (C=O) groups is 1. The quantitative estimate of drug-likeness (QED) is 0.847. The number of nitrogens with one attached hydrogen (secondary N) is 2. The molecule has 0 saturated carbocycles. The summed E-state index contributed by atoms with van der Waals surface area (Å²) in [5.74, 6) is 0.766. The van der Waals surface area contributed by atoms with E-state index in [1.807, 2.05) is 35.0 Å². The summed E-state index contributed by atoms with van der Waals surface area (Å²) >= 11 is 0. The molecule has 1 fully saturated rings. The average Bonchev–Trinajstić information content (AvgIpc) is 3.09. The predicted octanol–water partition coefficient (Wildman–Crippen LogP) is 3.43. The number of nitrogens with zero attached hydrogens (tertiary/aromatic N) is 2. The first-order valence-electron chi connectivity index (χ1n) is 7.91. The number of benzene rings is 1. The molecule has 132 valence electrons. The van der Waals surface area contributed by atoms with Gasteiger partial charge >= 0.3 is 0 Å². The highest BCUT2D eigenvalue weighted by Crippen LogP contribution is 2.21. The number of imidazole rings is 1. The van der Waals surface area contributed by atoms with Crippen molar-refractivity contribution in [2.45, 2.75) is 25.7 Å². The van der Waals surface area contributed by atoms with E-state index < -0.39 is 0 Å². The molecule has 0 unspecified atom stereocenters. The molecular weight excluding hydrogens is 347 g/mol. The maximum atomic E-state index is 12.2. The number of carbonyl (C=O) groups excluding carboxylic acids is 1. The minimum absolute atomic E-state index is 0. The number of rotatable bonds is 5. The zero-order valence-electron chi connectivity index (χ0n) is 13.5. The fourth-order valence-electron chi connectivity index (χ4n) is 2.92. The molecule has 24 heavy (non-hydrogen) atoms. The molecule has 5 nitrogen and oxygen atoms in total. The number of aromatic nitrogens is 2. The SMILES string of the molecule is Cl.Cl.O=C(CCC1CCNCC1)Nc1ccccc1-n1ccnc1. The minimum atomic E-state index is 0. The van der Waals surface area contributed by atoms with Crippen LogP contribution >= 0.6 is 24.8 Å². The highest BCUT2D eigenvalue weighted by Gasteiger charge is 2.15. The van der Waals surface area contributed by atoms with Crippen molar-refractivity contribution in [3.8, 4) is 5.69 Å². The lowest BCUT2D eigenvalue weighted by Gasteiger charge is -2.22. The van der Waals surface area contributed by atoms with Gasteiger partial charge in [0.2, 0.25) is 5.91 Å². The molecule has 2 heterocycles. The number of piperidine rings is 1. The molecule has 0 aliphatic carbocycles. The first-order chi connectivity index (χ1) is 10.8. The Morgan fingerprint density at radius 3 is 2.71 bits per heavy atom. The van der Waals surface area contributed by atoms with Crippen molar-refractivity contribution in [1.82, 2.24) is 14.9 Å². The third-order valence-corrected chi connectivity index (χ3v) is 4.20. The first-order valence-corrected chi connectivity index (χ1v) is 7.91. The molecule has 0 atom stereocenters. The zero-order valence-corrected chi connectivity index (χ0v) is 15.1. The van der Waals surface area contributed by atoms with Crippen LogP contribution in [0.4, 0.5) is 5.69 Å². The molecule has 1 aromatic heterocycles. The van der Waals surface area contributed by atoms with Crippen LogP contribution in [-0.4, -0.2) is 28.5 Å². The Morgan fingerprint density at radius 1 is 1.25 bits per heavy atom. The van der Waals surface area contributed by atoms with Gasteiger partial charge in [0.25, 0.3) is 0 Å². The summed E-state index contributed by atoms with van der Waals surface area (Å²) in [6.45, 7) is 2.16. The summed E-state index contributed by atoms with van der Waals surface area (Å²) in [7, 11) is 0. The fourth-order valence-corrected chi connectivity index (χ4v) is 2.92. The molecule has 0 bridgehead atoms. The van der Waals surface area contributed by atoms with Gasteiger partial charge in [0, 0.05) is 18.8 Å². The summed E-state index contributed by atoms with van der Waals surface area (Å²) in [4.78, 5) is 16.3. The number of halogens is 2. The van der Waals surface area contributed by atoms with Crippen molar-refractivity contribution in [3.63, 3.8) is 0 Å². The van der Waals surface area contributed by atoms with Crippen LogP contribution in [-0.2, 0) is 4.79 Å². The summed E-state index contributed by atoms with van der Waals surface area (Å²) in [6, 6.07) is 7.80. The van der Waals surface area contributed by atoms with Crippen molar-refractivity contribution in [2.24, 2.45) is 5.92 Å².